The Morgan fingerprint density at radius 1 is 1.08 bits per heavy atom. The second-order valence-electron chi connectivity index (χ2n) is 5.70. The van der Waals surface area contributed by atoms with Crippen molar-refractivity contribution in [2.75, 3.05) is 31.9 Å². The summed E-state index contributed by atoms with van der Waals surface area (Å²) in [6.07, 6.45) is 1.82. The van der Waals surface area contributed by atoms with Crippen LogP contribution in [0.5, 0.6) is 0 Å². The molecule has 0 bridgehead atoms. The molecule has 4 nitrogen and oxygen atoms in total. The quantitative estimate of drug-likeness (QED) is 0.766. The van der Waals surface area contributed by atoms with Crippen LogP contribution in [0.25, 0.3) is 0 Å². The van der Waals surface area contributed by atoms with E-state index in [0.717, 1.165) is 43.3 Å². The van der Waals surface area contributed by atoms with E-state index in [2.05, 4.69) is 9.88 Å². The molecule has 0 N–H and O–H groups in total. The number of carbonyl (C=O) groups is 1. The molecule has 6 heteroatoms. The Hall–Kier alpha value is -1.56. The lowest BCUT2D eigenvalue weighted by Gasteiger charge is -2.34. The van der Waals surface area contributed by atoms with Gasteiger partial charge in [0.2, 0.25) is 5.91 Å². The third-order valence-corrected chi connectivity index (χ3v) is 5.52. The van der Waals surface area contributed by atoms with Gasteiger partial charge in [0, 0.05) is 43.8 Å². The fourth-order valence-corrected chi connectivity index (χ4v) is 3.81. The van der Waals surface area contributed by atoms with Gasteiger partial charge in [-0.05, 0) is 24.3 Å². The zero-order chi connectivity index (χ0) is 16.8. The molecule has 2 heterocycles. The summed E-state index contributed by atoms with van der Waals surface area (Å²) >= 11 is 7.64. The van der Waals surface area contributed by atoms with E-state index in [1.165, 1.54) is 11.8 Å². The number of halogens is 1. The van der Waals surface area contributed by atoms with Crippen LogP contribution in [-0.4, -0.2) is 52.6 Å². The van der Waals surface area contributed by atoms with E-state index < -0.39 is 0 Å². The first-order valence-corrected chi connectivity index (χ1v) is 9.36. The Morgan fingerprint density at radius 2 is 1.83 bits per heavy atom. The summed E-state index contributed by atoms with van der Waals surface area (Å²) < 4.78 is 0. The lowest BCUT2D eigenvalue weighted by atomic mass is 10.2. The molecule has 0 spiro atoms. The van der Waals surface area contributed by atoms with Crippen molar-refractivity contribution in [3.8, 4) is 0 Å². The Bertz CT molecular complexity index is 675. The molecule has 24 heavy (non-hydrogen) atoms. The standard InChI is InChI=1S/C18H20ClN3OS/c19-16-6-1-2-7-17(16)24-14-18(23)22-11-9-21(10-12-22)13-15-5-3-4-8-20-15/h1-8H,9-14H2. The van der Waals surface area contributed by atoms with Gasteiger partial charge in [0.1, 0.15) is 0 Å². The topological polar surface area (TPSA) is 36.4 Å². The number of pyridine rings is 1. The van der Waals surface area contributed by atoms with Crippen molar-refractivity contribution in [3.05, 3.63) is 59.4 Å². The average molecular weight is 362 g/mol. The van der Waals surface area contributed by atoms with Crippen LogP contribution in [0.2, 0.25) is 5.02 Å². The smallest absolute Gasteiger partial charge is 0.233 e. The van der Waals surface area contributed by atoms with E-state index >= 15 is 0 Å². The Labute approximate surface area is 151 Å². The minimum Gasteiger partial charge on any atom is -0.339 e. The molecule has 1 aliphatic rings. The van der Waals surface area contributed by atoms with Crippen molar-refractivity contribution < 1.29 is 4.79 Å². The molecule has 1 aromatic carbocycles. The summed E-state index contributed by atoms with van der Waals surface area (Å²) in [6.45, 7) is 4.17. The molecule has 0 unspecified atom stereocenters. The van der Waals surface area contributed by atoms with Gasteiger partial charge in [0.25, 0.3) is 0 Å². The Morgan fingerprint density at radius 3 is 2.54 bits per heavy atom. The lowest BCUT2D eigenvalue weighted by molar-refractivity contribution is -0.130. The predicted octanol–water partition coefficient (Wildman–Crippen LogP) is 3.17. The summed E-state index contributed by atoms with van der Waals surface area (Å²) in [7, 11) is 0. The predicted molar refractivity (Wildman–Crippen MR) is 98.3 cm³/mol. The largest absolute Gasteiger partial charge is 0.339 e. The van der Waals surface area contributed by atoms with Gasteiger partial charge in [-0.2, -0.15) is 0 Å². The second kappa shape index (κ2) is 8.51. The van der Waals surface area contributed by atoms with E-state index in [1.54, 1.807) is 0 Å². The Balaban J connectivity index is 1.44. The third kappa shape index (κ3) is 4.72. The van der Waals surface area contributed by atoms with Crippen LogP contribution in [0, 0.1) is 0 Å². The lowest BCUT2D eigenvalue weighted by Crippen LogP contribution is -2.48. The number of aromatic nitrogens is 1. The third-order valence-electron chi connectivity index (χ3n) is 4.02. The molecule has 0 saturated carbocycles. The van der Waals surface area contributed by atoms with Gasteiger partial charge in [-0.1, -0.05) is 29.8 Å². The fourth-order valence-electron chi connectivity index (χ4n) is 2.67. The zero-order valence-electron chi connectivity index (χ0n) is 13.4. The highest BCUT2D eigenvalue weighted by Gasteiger charge is 2.21. The van der Waals surface area contributed by atoms with Crippen molar-refractivity contribution in [2.45, 2.75) is 11.4 Å². The minimum atomic E-state index is 0.178. The molecule has 0 radical (unpaired) electrons. The highest BCUT2D eigenvalue weighted by atomic mass is 35.5. The molecule has 2 aromatic rings. The van der Waals surface area contributed by atoms with E-state index in [-0.39, 0.29) is 5.91 Å². The van der Waals surface area contributed by atoms with Crippen molar-refractivity contribution in [1.82, 2.24) is 14.8 Å². The number of benzene rings is 1. The van der Waals surface area contributed by atoms with Gasteiger partial charge in [-0.25, -0.2) is 0 Å². The molecule has 1 aliphatic heterocycles. The van der Waals surface area contributed by atoms with Gasteiger partial charge in [-0.15, -0.1) is 11.8 Å². The maximum atomic E-state index is 12.4. The van der Waals surface area contributed by atoms with Crippen LogP contribution < -0.4 is 0 Å². The van der Waals surface area contributed by atoms with Crippen LogP contribution in [0.3, 0.4) is 0 Å². The first-order chi connectivity index (χ1) is 11.7. The number of amides is 1. The normalized spacial score (nSPS) is 15.5. The Kier molecular flexibility index (Phi) is 6.12. The van der Waals surface area contributed by atoms with Crippen molar-refractivity contribution in [3.63, 3.8) is 0 Å². The summed E-state index contributed by atoms with van der Waals surface area (Å²) in [5.74, 6) is 0.613. The number of hydrogen-bond acceptors (Lipinski definition) is 4. The van der Waals surface area contributed by atoms with Crippen LogP contribution in [0.4, 0.5) is 0 Å². The molecule has 3 rings (SSSR count). The van der Waals surface area contributed by atoms with Crippen LogP contribution in [0.15, 0.2) is 53.6 Å². The van der Waals surface area contributed by atoms with E-state index in [4.69, 9.17) is 11.6 Å². The number of hydrogen-bond donors (Lipinski definition) is 0. The maximum Gasteiger partial charge on any atom is 0.233 e. The van der Waals surface area contributed by atoms with Gasteiger partial charge in [-0.3, -0.25) is 14.7 Å². The molecule has 0 aliphatic carbocycles. The van der Waals surface area contributed by atoms with Gasteiger partial charge in [0.15, 0.2) is 0 Å². The fraction of sp³-hybridized carbons (Fsp3) is 0.333. The maximum absolute atomic E-state index is 12.4. The number of thioether (sulfide) groups is 1. The number of piperazine rings is 1. The van der Waals surface area contributed by atoms with Crippen molar-refractivity contribution in [2.24, 2.45) is 0 Å². The van der Waals surface area contributed by atoms with Crippen molar-refractivity contribution in [1.29, 1.82) is 0 Å². The van der Waals surface area contributed by atoms with E-state index in [9.17, 15) is 4.79 Å². The highest BCUT2D eigenvalue weighted by molar-refractivity contribution is 8.00. The summed E-state index contributed by atoms with van der Waals surface area (Å²) in [5, 5.41) is 0.704. The zero-order valence-corrected chi connectivity index (χ0v) is 15.0. The van der Waals surface area contributed by atoms with Crippen molar-refractivity contribution >= 4 is 29.3 Å². The van der Waals surface area contributed by atoms with Crippen LogP contribution in [-0.2, 0) is 11.3 Å². The molecule has 1 aromatic heterocycles. The monoisotopic (exact) mass is 361 g/mol. The first kappa shape index (κ1) is 17.3. The molecular formula is C18H20ClN3OS. The second-order valence-corrected chi connectivity index (χ2v) is 7.12. The first-order valence-electron chi connectivity index (χ1n) is 8.00. The summed E-state index contributed by atoms with van der Waals surface area (Å²) in [5.41, 5.74) is 1.08. The average Bonchev–Trinajstić information content (AvgIpc) is 2.62. The molecule has 1 amide bonds. The SMILES string of the molecule is O=C(CSc1ccccc1Cl)N1CCN(Cc2ccccn2)CC1. The van der Waals surface area contributed by atoms with Gasteiger partial charge in [0.05, 0.1) is 16.5 Å². The van der Waals surface area contributed by atoms with Crippen LogP contribution in [0.1, 0.15) is 5.69 Å². The molecule has 126 valence electrons. The number of nitrogens with zero attached hydrogens (tertiary/aromatic N) is 3. The number of carbonyl (C=O) groups excluding carboxylic acids is 1. The van der Waals surface area contributed by atoms with Gasteiger partial charge >= 0.3 is 0 Å². The summed E-state index contributed by atoms with van der Waals surface area (Å²) in [4.78, 5) is 22.0. The molecule has 1 saturated heterocycles. The molecule has 0 atom stereocenters. The summed E-state index contributed by atoms with van der Waals surface area (Å²) in [6, 6.07) is 13.6. The highest BCUT2D eigenvalue weighted by Crippen LogP contribution is 2.26. The number of rotatable bonds is 5. The molecule has 1 fully saturated rings. The van der Waals surface area contributed by atoms with Crippen LogP contribution >= 0.6 is 23.4 Å². The minimum absolute atomic E-state index is 0.178. The van der Waals surface area contributed by atoms with Gasteiger partial charge < -0.3 is 4.90 Å². The molecular weight excluding hydrogens is 342 g/mol. The van der Waals surface area contributed by atoms with E-state index in [0.29, 0.717) is 10.8 Å². The van der Waals surface area contributed by atoms with E-state index in [1.807, 2.05) is 53.6 Å².